The minimum atomic E-state index is 1.39. The molecular weight excluding hydrogens is 120 g/mol. The molecule has 3 aromatic carbocycles. The molecule has 3 aromatic rings. The third-order valence-electron chi connectivity index (χ3n) is 2.17. The maximum atomic E-state index is 2.24. The van der Waals surface area contributed by atoms with Crippen molar-refractivity contribution in [2.75, 3.05) is 0 Å². The van der Waals surface area contributed by atoms with Gasteiger partial charge in [0.1, 0.15) is 0 Å². The van der Waals surface area contributed by atoms with E-state index in [4.69, 9.17) is 0 Å². The Labute approximate surface area is 58.8 Å². The second-order valence-electron chi connectivity index (χ2n) is 2.78. The monoisotopic (exact) mass is 126 g/mol. The summed E-state index contributed by atoms with van der Waals surface area (Å²) in [7, 11) is 0. The van der Waals surface area contributed by atoms with Crippen LogP contribution in [0.15, 0.2) is 36.4 Å². The smallest absolute Gasteiger partial charge is 0.0177 e. The van der Waals surface area contributed by atoms with Crippen molar-refractivity contribution in [3.8, 4) is 0 Å². The van der Waals surface area contributed by atoms with E-state index in [1.165, 1.54) is 21.5 Å². The fourth-order valence-electron chi connectivity index (χ4n) is 1.41. The van der Waals surface area contributed by atoms with Crippen LogP contribution in [-0.4, -0.2) is 0 Å². The third kappa shape index (κ3) is 0.357. The summed E-state index contributed by atoms with van der Waals surface area (Å²) in [5.41, 5.74) is 0. The highest BCUT2D eigenvalue weighted by Crippen LogP contribution is 2.27. The normalized spacial score (nSPS) is 12.0. The van der Waals surface area contributed by atoms with Gasteiger partial charge in [0, 0.05) is 0 Å². The molecule has 46 valence electrons. The second-order valence-corrected chi connectivity index (χ2v) is 2.78. The third-order valence-corrected chi connectivity index (χ3v) is 2.17. The number of fused-ring (bicyclic) bond motifs is 2. The zero-order chi connectivity index (χ0) is 6.55. The van der Waals surface area contributed by atoms with Gasteiger partial charge >= 0.3 is 0 Å². The van der Waals surface area contributed by atoms with Crippen molar-refractivity contribution in [3.05, 3.63) is 36.4 Å². The van der Waals surface area contributed by atoms with Gasteiger partial charge in [0.05, 0.1) is 0 Å². The molecule has 0 heteroatoms. The standard InChI is InChI=1S/C10H6/c1-2-8-6-10-4-3-9(10)5-7(1)8/h1-6H. The van der Waals surface area contributed by atoms with Crippen molar-refractivity contribution in [2.45, 2.75) is 0 Å². The first-order valence-corrected chi connectivity index (χ1v) is 3.48. The van der Waals surface area contributed by atoms with Crippen molar-refractivity contribution in [1.29, 1.82) is 0 Å². The van der Waals surface area contributed by atoms with Gasteiger partial charge in [0.15, 0.2) is 0 Å². The Kier molecular flexibility index (Phi) is 0.558. The Balaban J connectivity index is 2.61. The molecule has 0 saturated heterocycles. The van der Waals surface area contributed by atoms with E-state index in [-0.39, 0.29) is 0 Å². The lowest BCUT2D eigenvalue weighted by Crippen LogP contribution is -1.79. The molecule has 0 aromatic heterocycles. The van der Waals surface area contributed by atoms with Crippen LogP contribution in [0.1, 0.15) is 0 Å². The largest absolute Gasteiger partial charge is 0.0537 e. The first-order chi connectivity index (χ1) is 4.93. The van der Waals surface area contributed by atoms with Crippen LogP contribution in [0, 0.1) is 0 Å². The average Bonchev–Trinajstić information content (AvgIpc) is 1.82. The maximum absolute atomic E-state index is 2.24. The molecule has 0 bridgehead atoms. The molecule has 0 aliphatic carbocycles. The Morgan fingerprint density at radius 1 is 0.500 bits per heavy atom. The molecule has 0 saturated carbocycles. The highest BCUT2D eigenvalue weighted by atomic mass is 14.0. The number of hydrogen-bond donors (Lipinski definition) is 0. The minimum Gasteiger partial charge on any atom is -0.0537 e. The van der Waals surface area contributed by atoms with E-state index in [1.807, 2.05) is 0 Å². The van der Waals surface area contributed by atoms with Crippen LogP contribution in [0.2, 0.25) is 0 Å². The van der Waals surface area contributed by atoms with Crippen LogP contribution in [-0.2, 0) is 0 Å². The molecule has 0 aliphatic rings. The number of rotatable bonds is 0. The maximum Gasteiger partial charge on any atom is -0.0177 e. The molecule has 0 N–H and O–H groups in total. The molecule has 10 heavy (non-hydrogen) atoms. The number of hydrogen-bond acceptors (Lipinski definition) is 0. The molecule has 3 rings (SSSR count). The van der Waals surface area contributed by atoms with Gasteiger partial charge in [-0.05, 0) is 33.7 Å². The predicted octanol–water partition coefficient (Wildman–Crippen LogP) is 2.87. The molecule has 0 heterocycles. The summed E-state index contributed by atoms with van der Waals surface area (Å²) in [6, 6.07) is 13.1. The van der Waals surface area contributed by atoms with E-state index in [2.05, 4.69) is 36.4 Å². The summed E-state index contributed by atoms with van der Waals surface area (Å²) in [5, 5.41) is 5.57. The van der Waals surface area contributed by atoms with E-state index in [0.717, 1.165) is 0 Å². The van der Waals surface area contributed by atoms with Gasteiger partial charge < -0.3 is 0 Å². The molecule has 0 nitrogen and oxygen atoms in total. The first-order valence-electron chi connectivity index (χ1n) is 3.48. The Hall–Kier alpha value is -1.30. The Morgan fingerprint density at radius 3 is 1.00 bits per heavy atom. The highest BCUT2D eigenvalue weighted by molar-refractivity contribution is 6.03. The van der Waals surface area contributed by atoms with Crippen LogP contribution in [0.4, 0.5) is 0 Å². The summed E-state index contributed by atoms with van der Waals surface area (Å²) in [4.78, 5) is 0. The average molecular weight is 126 g/mol. The first kappa shape index (κ1) is 4.51. The van der Waals surface area contributed by atoms with Crippen molar-refractivity contribution >= 4 is 21.5 Å². The minimum absolute atomic E-state index is 1.39. The molecule has 0 aliphatic heterocycles. The zero-order valence-corrected chi connectivity index (χ0v) is 5.46. The Bertz CT molecular complexity index is 369. The molecule has 0 spiro atoms. The van der Waals surface area contributed by atoms with E-state index >= 15 is 0 Å². The van der Waals surface area contributed by atoms with Crippen LogP contribution in [0.25, 0.3) is 21.5 Å². The number of benzene rings is 1. The highest BCUT2D eigenvalue weighted by Gasteiger charge is 2.00. The van der Waals surface area contributed by atoms with Gasteiger partial charge in [-0.3, -0.25) is 0 Å². The Morgan fingerprint density at radius 2 is 0.800 bits per heavy atom. The quantitative estimate of drug-likeness (QED) is 0.434. The van der Waals surface area contributed by atoms with Crippen molar-refractivity contribution < 1.29 is 0 Å². The van der Waals surface area contributed by atoms with Crippen LogP contribution >= 0.6 is 0 Å². The summed E-state index contributed by atoms with van der Waals surface area (Å²) in [6.45, 7) is 0. The molecule has 0 amide bonds. The van der Waals surface area contributed by atoms with E-state index < -0.39 is 0 Å². The summed E-state index contributed by atoms with van der Waals surface area (Å²) >= 11 is 0. The molecule has 0 radical (unpaired) electrons. The van der Waals surface area contributed by atoms with Crippen molar-refractivity contribution in [3.63, 3.8) is 0 Å². The lowest BCUT2D eigenvalue weighted by Gasteiger charge is -2.06. The SMILES string of the molecule is c1cc2cc3ccc3cc12. The fourth-order valence-corrected chi connectivity index (χ4v) is 1.41. The molecule has 0 atom stereocenters. The lowest BCUT2D eigenvalue weighted by molar-refractivity contribution is 1.79. The van der Waals surface area contributed by atoms with Crippen LogP contribution < -0.4 is 0 Å². The van der Waals surface area contributed by atoms with E-state index in [9.17, 15) is 0 Å². The van der Waals surface area contributed by atoms with E-state index in [0.29, 0.717) is 0 Å². The van der Waals surface area contributed by atoms with Gasteiger partial charge in [-0.25, -0.2) is 0 Å². The lowest BCUT2D eigenvalue weighted by atomic mass is 9.99. The van der Waals surface area contributed by atoms with Gasteiger partial charge in [0.2, 0.25) is 0 Å². The van der Waals surface area contributed by atoms with E-state index in [1.54, 1.807) is 0 Å². The molecule has 0 fully saturated rings. The molecule has 0 unspecified atom stereocenters. The van der Waals surface area contributed by atoms with Crippen molar-refractivity contribution in [2.24, 2.45) is 0 Å². The van der Waals surface area contributed by atoms with Crippen LogP contribution in [0.3, 0.4) is 0 Å². The second kappa shape index (κ2) is 1.24. The van der Waals surface area contributed by atoms with Gasteiger partial charge in [-0.2, -0.15) is 0 Å². The van der Waals surface area contributed by atoms with Gasteiger partial charge in [-0.1, -0.05) is 24.3 Å². The molecular formula is C10H6. The fraction of sp³-hybridized carbons (Fsp3) is 0. The van der Waals surface area contributed by atoms with Crippen LogP contribution in [0.5, 0.6) is 0 Å². The summed E-state index contributed by atoms with van der Waals surface area (Å²) in [5.74, 6) is 0. The zero-order valence-electron chi connectivity index (χ0n) is 5.46. The summed E-state index contributed by atoms with van der Waals surface area (Å²) in [6.07, 6.45) is 0. The summed E-state index contributed by atoms with van der Waals surface area (Å²) < 4.78 is 0. The van der Waals surface area contributed by atoms with Gasteiger partial charge in [0.25, 0.3) is 0 Å². The van der Waals surface area contributed by atoms with Gasteiger partial charge in [-0.15, -0.1) is 0 Å². The predicted molar refractivity (Wildman–Crippen MR) is 43.8 cm³/mol. The van der Waals surface area contributed by atoms with Crippen molar-refractivity contribution in [1.82, 2.24) is 0 Å². The topological polar surface area (TPSA) is 0 Å².